The lowest BCUT2D eigenvalue weighted by molar-refractivity contribution is -0.121. The second-order valence-corrected chi connectivity index (χ2v) is 5.76. The van der Waals surface area contributed by atoms with Gasteiger partial charge in [0.25, 0.3) is 0 Å². The maximum absolute atomic E-state index is 12.9. The average molecular weight is 354 g/mol. The van der Waals surface area contributed by atoms with Crippen LogP contribution in [0.15, 0.2) is 54.7 Å². The van der Waals surface area contributed by atoms with E-state index < -0.39 is 0 Å². The van der Waals surface area contributed by atoms with Gasteiger partial charge in [-0.3, -0.25) is 4.79 Å². The van der Waals surface area contributed by atoms with Gasteiger partial charge in [0.2, 0.25) is 5.91 Å². The summed E-state index contributed by atoms with van der Waals surface area (Å²) in [6, 6.07) is 13.7. The van der Waals surface area contributed by atoms with Gasteiger partial charge in [-0.1, -0.05) is 17.3 Å². The van der Waals surface area contributed by atoms with Gasteiger partial charge in [-0.05, 0) is 48.4 Å². The molecule has 1 amide bonds. The zero-order valence-corrected chi connectivity index (χ0v) is 14.4. The number of hydrogen-bond acceptors (Lipinski definition) is 4. The van der Waals surface area contributed by atoms with E-state index in [9.17, 15) is 9.18 Å². The molecule has 134 valence electrons. The monoisotopic (exact) mass is 354 g/mol. The minimum Gasteiger partial charge on any atom is -0.497 e. The number of benzene rings is 2. The Kier molecular flexibility index (Phi) is 5.58. The first-order valence-electron chi connectivity index (χ1n) is 8.20. The van der Waals surface area contributed by atoms with Crippen molar-refractivity contribution in [1.29, 1.82) is 0 Å². The quantitative estimate of drug-likeness (QED) is 0.708. The minimum atomic E-state index is -0.267. The molecule has 1 N–H and O–H groups in total. The standard InChI is InChI=1S/C19H19FN4O2/c1-26-17-8-4-15(5-9-17)18-12-24(23-22-18)13-19(25)21-11-10-14-2-6-16(20)7-3-14/h2-9,12H,10-11,13H2,1H3,(H,21,25). The van der Waals surface area contributed by atoms with E-state index in [2.05, 4.69) is 15.6 Å². The first kappa shape index (κ1) is 17.6. The molecule has 0 unspecified atom stereocenters. The van der Waals surface area contributed by atoms with Crippen molar-refractivity contribution in [2.24, 2.45) is 0 Å². The normalized spacial score (nSPS) is 10.5. The predicted octanol–water partition coefficient (Wildman–Crippen LogP) is 2.45. The highest BCUT2D eigenvalue weighted by Crippen LogP contribution is 2.19. The van der Waals surface area contributed by atoms with Crippen LogP contribution in [0.3, 0.4) is 0 Å². The van der Waals surface area contributed by atoms with E-state index in [1.54, 1.807) is 25.4 Å². The van der Waals surface area contributed by atoms with Gasteiger partial charge in [0.1, 0.15) is 23.8 Å². The molecule has 0 fully saturated rings. The summed E-state index contributed by atoms with van der Waals surface area (Å²) in [6.07, 6.45) is 2.36. The van der Waals surface area contributed by atoms with E-state index in [-0.39, 0.29) is 18.3 Å². The van der Waals surface area contributed by atoms with E-state index in [0.29, 0.717) is 18.7 Å². The van der Waals surface area contributed by atoms with E-state index in [1.807, 2.05) is 24.3 Å². The molecule has 3 rings (SSSR count). The van der Waals surface area contributed by atoms with Crippen molar-refractivity contribution in [3.8, 4) is 17.0 Å². The van der Waals surface area contributed by atoms with E-state index in [0.717, 1.165) is 16.9 Å². The molecule has 7 heteroatoms. The SMILES string of the molecule is COc1ccc(-c2cn(CC(=O)NCCc3ccc(F)cc3)nn2)cc1. The summed E-state index contributed by atoms with van der Waals surface area (Å²) >= 11 is 0. The Labute approximate surface area is 150 Å². The van der Waals surface area contributed by atoms with Crippen molar-refractivity contribution >= 4 is 5.91 Å². The molecular formula is C19H19FN4O2. The number of ether oxygens (including phenoxy) is 1. The van der Waals surface area contributed by atoms with Crippen molar-refractivity contribution in [1.82, 2.24) is 20.3 Å². The van der Waals surface area contributed by atoms with E-state index in [4.69, 9.17) is 4.74 Å². The van der Waals surface area contributed by atoms with Gasteiger partial charge in [-0.2, -0.15) is 0 Å². The predicted molar refractivity (Wildman–Crippen MR) is 95.1 cm³/mol. The van der Waals surface area contributed by atoms with Crippen LogP contribution in [0.25, 0.3) is 11.3 Å². The van der Waals surface area contributed by atoms with Crippen molar-refractivity contribution in [2.45, 2.75) is 13.0 Å². The minimum absolute atomic E-state index is 0.0899. The number of hydrogen-bond donors (Lipinski definition) is 1. The Hall–Kier alpha value is -3.22. The number of halogens is 1. The molecule has 1 aromatic heterocycles. The fourth-order valence-electron chi connectivity index (χ4n) is 2.47. The van der Waals surface area contributed by atoms with Crippen LogP contribution in [-0.4, -0.2) is 34.6 Å². The second-order valence-electron chi connectivity index (χ2n) is 5.76. The fraction of sp³-hybridized carbons (Fsp3) is 0.211. The molecule has 0 spiro atoms. The van der Waals surface area contributed by atoms with Crippen LogP contribution in [0.5, 0.6) is 5.75 Å². The molecule has 0 radical (unpaired) electrons. The van der Waals surface area contributed by atoms with Crippen LogP contribution < -0.4 is 10.1 Å². The Bertz CT molecular complexity index is 860. The van der Waals surface area contributed by atoms with Crippen molar-refractivity contribution < 1.29 is 13.9 Å². The Morgan fingerprint density at radius 2 is 1.88 bits per heavy atom. The topological polar surface area (TPSA) is 69.0 Å². The van der Waals surface area contributed by atoms with Gasteiger partial charge in [-0.25, -0.2) is 9.07 Å². The Morgan fingerprint density at radius 3 is 2.58 bits per heavy atom. The lowest BCUT2D eigenvalue weighted by Crippen LogP contribution is -2.29. The summed E-state index contributed by atoms with van der Waals surface area (Å²) < 4.78 is 19.5. The van der Waals surface area contributed by atoms with Crippen LogP contribution >= 0.6 is 0 Å². The number of amides is 1. The third-order valence-electron chi connectivity index (χ3n) is 3.88. The maximum atomic E-state index is 12.9. The van der Waals surface area contributed by atoms with Crippen LogP contribution in [0.1, 0.15) is 5.56 Å². The zero-order valence-electron chi connectivity index (χ0n) is 14.4. The van der Waals surface area contributed by atoms with E-state index >= 15 is 0 Å². The molecular weight excluding hydrogens is 335 g/mol. The molecule has 0 aliphatic rings. The summed E-state index contributed by atoms with van der Waals surface area (Å²) in [5.41, 5.74) is 2.55. The summed E-state index contributed by atoms with van der Waals surface area (Å²) in [4.78, 5) is 12.0. The molecule has 6 nitrogen and oxygen atoms in total. The number of nitrogens with one attached hydrogen (secondary N) is 1. The van der Waals surface area contributed by atoms with Gasteiger partial charge in [0, 0.05) is 12.1 Å². The summed E-state index contributed by atoms with van der Waals surface area (Å²) in [5, 5.41) is 10.9. The Morgan fingerprint density at radius 1 is 1.15 bits per heavy atom. The largest absolute Gasteiger partial charge is 0.497 e. The number of aromatic nitrogens is 3. The van der Waals surface area contributed by atoms with Gasteiger partial charge in [0.15, 0.2) is 0 Å². The number of carbonyl (C=O) groups excluding carboxylic acids is 1. The van der Waals surface area contributed by atoms with Crippen molar-refractivity contribution in [3.63, 3.8) is 0 Å². The lowest BCUT2D eigenvalue weighted by atomic mass is 10.1. The maximum Gasteiger partial charge on any atom is 0.241 e. The molecule has 0 atom stereocenters. The summed E-state index contributed by atoms with van der Waals surface area (Å²) in [7, 11) is 1.61. The molecule has 0 saturated carbocycles. The summed E-state index contributed by atoms with van der Waals surface area (Å²) in [5.74, 6) is 0.344. The molecule has 3 aromatic rings. The number of methoxy groups -OCH3 is 1. The van der Waals surface area contributed by atoms with Crippen LogP contribution in [0.4, 0.5) is 4.39 Å². The fourth-order valence-corrected chi connectivity index (χ4v) is 2.47. The molecule has 2 aromatic carbocycles. The second kappa shape index (κ2) is 8.24. The van der Waals surface area contributed by atoms with Gasteiger partial charge in [0.05, 0.1) is 13.3 Å². The number of rotatable bonds is 7. The van der Waals surface area contributed by atoms with Gasteiger partial charge < -0.3 is 10.1 Å². The third kappa shape index (κ3) is 4.66. The highest BCUT2D eigenvalue weighted by atomic mass is 19.1. The average Bonchev–Trinajstić information content (AvgIpc) is 3.12. The highest BCUT2D eigenvalue weighted by molar-refractivity contribution is 5.75. The first-order valence-corrected chi connectivity index (χ1v) is 8.20. The third-order valence-corrected chi connectivity index (χ3v) is 3.88. The molecule has 0 aliphatic carbocycles. The zero-order chi connectivity index (χ0) is 18.4. The molecule has 0 aliphatic heterocycles. The molecule has 26 heavy (non-hydrogen) atoms. The number of carbonyl (C=O) groups is 1. The van der Waals surface area contributed by atoms with Crippen molar-refractivity contribution in [2.75, 3.05) is 13.7 Å². The highest BCUT2D eigenvalue weighted by Gasteiger charge is 2.08. The van der Waals surface area contributed by atoms with Crippen molar-refractivity contribution in [3.05, 3.63) is 66.1 Å². The number of nitrogens with zero attached hydrogens (tertiary/aromatic N) is 3. The van der Waals surface area contributed by atoms with E-state index in [1.165, 1.54) is 16.8 Å². The molecule has 1 heterocycles. The molecule has 0 bridgehead atoms. The first-order chi connectivity index (χ1) is 12.6. The Balaban J connectivity index is 1.50. The van der Waals surface area contributed by atoms with Gasteiger partial charge in [-0.15, -0.1) is 5.10 Å². The van der Waals surface area contributed by atoms with Crippen LogP contribution in [-0.2, 0) is 17.8 Å². The summed E-state index contributed by atoms with van der Waals surface area (Å²) in [6.45, 7) is 0.567. The van der Waals surface area contributed by atoms with Gasteiger partial charge >= 0.3 is 0 Å². The lowest BCUT2D eigenvalue weighted by Gasteiger charge is -2.05. The smallest absolute Gasteiger partial charge is 0.241 e. The van der Waals surface area contributed by atoms with Crippen LogP contribution in [0, 0.1) is 5.82 Å². The molecule has 0 saturated heterocycles. The van der Waals surface area contributed by atoms with Crippen LogP contribution in [0.2, 0.25) is 0 Å².